The van der Waals surface area contributed by atoms with Gasteiger partial charge in [0, 0.05) is 25.9 Å². The summed E-state index contributed by atoms with van der Waals surface area (Å²) >= 11 is 0. The van der Waals surface area contributed by atoms with Crippen LogP contribution in [0, 0.1) is 17.8 Å². The molecule has 2 bridgehead atoms. The highest BCUT2D eigenvalue weighted by Crippen LogP contribution is 2.30. The quantitative estimate of drug-likeness (QED) is 0.243. The van der Waals surface area contributed by atoms with E-state index in [0.717, 1.165) is 36.9 Å². The summed E-state index contributed by atoms with van der Waals surface area (Å²) in [7, 11) is 1.56. The van der Waals surface area contributed by atoms with Gasteiger partial charge in [-0.1, -0.05) is 38.1 Å². The average molecular weight is 769 g/mol. The number of rotatable bonds is 9. The normalized spacial score (nSPS) is 24.7. The van der Waals surface area contributed by atoms with Gasteiger partial charge in [0.25, 0.3) is 0 Å². The van der Waals surface area contributed by atoms with Crippen LogP contribution in [-0.2, 0) is 36.8 Å². The molecule has 6 rings (SSSR count). The van der Waals surface area contributed by atoms with Gasteiger partial charge in [-0.15, -0.1) is 12.4 Å². The number of halogens is 1. The Balaban J connectivity index is 0.00000650. The van der Waals surface area contributed by atoms with E-state index in [9.17, 15) is 24.0 Å². The summed E-state index contributed by atoms with van der Waals surface area (Å²) in [6.45, 7) is 7.60. The number of ether oxygens (including phenoxy) is 2. The Morgan fingerprint density at radius 2 is 1.69 bits per heavy atom. The van der Waals surface area contributed by atoms with E-state index in [2.05, 4.69) is 40.4 Å². The molecule has 3 aliphatic heterocycles. The van der Waals surface area contributed by atoms with Crippen molar-refractivity contribution in [1.29, 1.82) is 0 Å². The van der Waals surface area contributed by atoms with Crippen LogP contribution in [0.5, 0.6) is 11.5 Å². The lowest BCUT2D eigenvalue weighted by molar-refractivity contribution is -0.140. The molecule has 54 heavy (non-hydrogen) atoms. The lowest BCUT2D eigenvalue weighted by Gasteiger charge is -2.29. The van der Waals surface area contributed by atoms with E-state index in [-0.39, 0.29) is 74.0 Å². The van der Waals surface area contributed by atoms with Crippen LogP contribution in [0.2, 0.25) is 0 Å². The van der Waals surface area contributed by atoms with Crippen LogP contribution < -0.4 is 36.1 Å². The molecule has 1 saturated heterocycles. The number of hydrogen-bond acceptors (Lipinski definition) is 8. The zero-order valence-corrected chi connectivity index (χ0v) is 32.7. The molecule has 296 valence electrons. The first-order chi connectivity index (χ1) is 25.5. The summed E-state index contributed by atoms with van der Waals surface area (Å²) in [6.07, 6.45) is 4.48. The summed E-state index contributed by atoms with van der Waals surface area (Å²) in [5.74, 6) is -0.433. The SMILES string of the molecule is COc1ccc(C[C@@H]2NC(=O)[C@@H](NC(=O)[C@H]3CCCNC3)Cc3ccc(cc3)OC[C@H](CC(C)C)NC(=O)CN(CC3CC3)C(=O)[C@@H](C)NC2=O)cc1.Cl. The van der Waals surface area contributed by atoms with E-state index in [4.69, 9.17) is 9.47 Å². The number of methoxy groups -OCH3 is 1. The molecule has 2 aromatic rings. The topological polar surface area (TPSA) is 167 Å². The molecule has 4 aliphatic rings. The maximum absolute atomic E-state index is 14.2. The monoisotopic (exact) mass is 768 g/mol. The zero-order valence-electron chi connectivity index (χ0n) is 31.9. The molecule has 0 unspecified atom stereocenters. The maximum atomic E-state index is 14.2. The highest BCUT2D eigenvalue weighted by molar-refractivity contribution is 5.95. The summed E-state index contributed by atoms with van der Waals surface area (Å²) in [4.78, 5) is 70.5. The third kappa shape index (κ3) is 12.9. The van der Waals surface area contributed by atoms with E-state index in [1.165, 1.54) is 4.90 Å². The minimum atomic E-state index is -1.08. The molecule has 3 heterocycles. The van der Waals surface area contributed by atoms with Gasteiger partial charge in [0.05, 0.1) is 25.6 Å². The number of nitrogens with zero attached hydrogens (tertiary/aromatic N) is 1. The first-order valence-electron chi connectivity index (χ1n) is 19.0. The van der Waals surface area contributed by atoms with E-state index >= 15 is 0 Å². The van der Waals surface area contributed by atoms with Crippen LogP contribution in [0.15, 0.2) is 48.5 Å². The molecule has 5 amide bonds. The molecule has 0 radical (unpaired) electrons. The molecule has 1 aliphatic carbocycles. The lowest BCUT2D eigenvalue weighted by Crippen LogP contribution is -2.58. The van der Waals surface area contributed by atoms with Crippen molar-refractivity contribution in [1.82, 2.24) is 31.5 Å². The predicted molar refractivity (Wildman–Crippen MR) is 207 cm³/mol. The number of hydrogen-bond donors (Lipinski definition) is 5. The second kappa shape index (κ2) is 20.4. The minimum absolute atomic E-state index is 0. The smallest absolute Gasteiger partial charge is 0.245 e. The fourth-order valence-corrected chi connectivity index (χ4v) is 6.89. The fourth-order valence-electron chi connectivity index (χ4n) is 6.89. The van der Waals surface area contributed by atoms with Crippen molar-refractivity contribution in [2.45, 2.75) is 89.9 Å². The number of benzene rings is 2. The number of nitrogens with one attached hydrogen (secondary N) is 5. The average Bonchev–Trinajstić information content (AvgIpc) is 3.97. The third-order valence-electron chi connectivity index (χ3n) is 10.0. The molecular formula is C40H57ClN6O7. The van der Waals surface area contributed by atoms with Crippen molar-refractivity contribution in [3.8, 4) is 11.5 Å². The van der Waals surface area contributed by atoms with Crippen molar-refractivity contribution < 1.29 is 33.4 Å². The molecule has 5 atom stereocenters. The summed E-state index contributed by atoms with van der Waals surface area (Å²) in [5.41, 5.74) is 1.54. The third-order valence-corrected chi connectivity index (χ3v) is 10.0. The second-order valence-electron chi connectivity index (χ2n) is 15.2. The summed E-state index contributed by atoms with van der Waals surface area (Å²) < 4.78 is 11.4. The Hall–Kier alpha value is -4.36. The van der Waals surface area contributed by atoms with Gasteiger partial charge in [0.1, 0.15) is 36.2 Å². The Morgan fingerprint density at radius 3 is 2.31 bits per heavy atom. The Morgan fingerprint density at radius 1 is 0.963 bits per heavy atom. The van der Waals surface area contributed by atoms with Crippen LogP contribution in [0.4, 0.5) is 0 Å². The summed E-state index contributed by atoms with van der Waals surface area (Å²) in [6, 6.07) is 11.1. The molecule has 2 fully saturated rings. The van der Waals surface area contributed by atoms with Crippen LogP contribution >= 0.6 is 12.4 Å². The van der Waals surface area contributed by atoms with Crippen LogP contribution in [0.1, 0.15) is 64.0 Å². The molecule has 0 spiro atoms. The van der Waals surface area contributed by atoms with Crippen LogP contribution in [0.3, 0.4) is 0 Å². The van der Waals surface area contributed by atoms with Gasteiger partial charge in [-0.05, 0) is 92.8 Å². The molecule has 2 aromatic carbocycles. The molecule has 14 heteroatoms. The van der Waals surface area contributed by atoms with Gasteiger partial charge in [0.2, 0.25) is 29.5 Å². The first kappa shape index (κ1) is 42.4. The van der Waals surface area contributed by atoms with Gasteiger partial charge < -0.3 is 41.0 Å². The lowest BCUT2D eigenvalue weighted by atomic mass is 9.97. The van der Waals surface area contributed by atoms with Crippen molar-refractivity contribution in [3.05, 3.63) is 59.7 Å². The summed E-state index contributed by atoms with van der Waals surface area (Å²) in [5, 5.41) is 15.0. The number of amides is 5. The Bertz CT molecular complexity index is 1560. The first-order valence-corrected chi connectivity index (χ1v) is 19.0. The van der Waals surface area contributed by atoms with E-state index < -0.39 is 29.9 Å². The minimum Gasteiger partial charge on any atom is -0.497 e. The van der Waals surface area contributed by atoms with Crippen LogP contribution in [-0.4, -0.2) is 98.5 Å². The van der Waals surface area contributed by atoms with Crippen molar-refractivity contribution in [2.24, 2.45) is 17.8 Å². The van der Waals surface area contributed by atoms with E-state index in [1.807, 2.05) is 24.3 Å². The number of fused-ring (bicyclic) bond motifs is 17. The Labute approximate surface area is 324 Å². The zero-order chi connectivity index (χ0) is 37.9. The van der Waals surface area contributed by atoms with Crippen LogP contribution in [0.25, 0.3) is 0 Å². The Kier molecular flexibility index (Phi) is 16.0. The van der Waals surface area contributed by atoms with Gasteiger partial charge in [-0.25, -0.2) is 0 Å². The predicted octanol–water partition coefficient (Wildman–Crippen LogP) is 2.54. The van der Waals surface area contributed by atoms with E-state index in [1.54, 1.807) is 38.3 Å². The highest BCUT2D eigenvalue weighted by Gasteiger charge is 2.34. The molecular weight excluding hydrogens is 712 g/mol. The van der Waals surface area contributed by atoms with E-state index in [0.29, 0.717) is 43.3 Å². The van der Waals surface area contributed by atoms with Crippen molar-refractivity contribution in [3.63, 3.8) is 0 Å². The van der Waals surface area contributed by atoms with Gasteiger partial charge >= 0.3 is 0 Å². The second-order valence-corrected chi connectivity index (χ2v) is 15.2. The van der Waals surface area contributed by atoms with Crippen molar-refractivity contribution >= 4 is 41.9 Å². The molecule has 13 nitrogen and oxygen atoms in total. The molecule has 5 N–H and O–H groups in total. The largest absolute Gasteiger partial charge is 0.497 e. The van der Waals surface area contributed by atoms with Crippen molar-refractivity contribution in [2.75, 3.05) is 39.9 Å². The molecule has 0 aromatic heterocycles. The standard InChI is InChI=1S/C40H56N6O7.ClH/c1-25(2)18-31-24-53-33-15-11-28(12-16-33)20-35(44-37(48)30-6-5-17-41-21-30)39(50)45-34(19-27-9-13-32(52-4)14-10-27)38(49)42-26(3)40(51)46(22-29-7-8-29)23-36(47)43-31;/h9-16,25-26,29-31,34-35,41H,5-8,17-24H2,1-4H3,(H,42,49)(H,43,47)(H,44,48)(H,45,50);1H/t26-,30+,31+,34+,35+;/m1./s1. The van der Waals surface area contributed by atoms with Gasteiger partial charge in [0.15, 0.2) is 0 Å². The number of piperidine rings is 1. The highest BCUT2D eigenvalue weighted by atomic mass is 35.5. The number of carbonyl (C=O) groups is 5. The molecule has 1 saturated carbocycles. The fraction of sp³-hybridized carbons (Fsp3) is 0.575. The maximum Gasteiger partial charge on any atom is 0.245 e. The number of carbonyl (C=O) groups excluding carboxylic acids is 5. The van der Waals surface area contributed by atoms with Gasteiger partial charge in [-0.3, -0.25) is 24.0 Å². The van der Waals surface area contributed by atoms with Gasteiger partial charge in [-0.2, -0.15) is 0 Å².